The number of hydrogen-bond acceptors (Lipinski definition) is 2. The van der Waals surface area contributed by atoms with Crippen LogP contribution in [0.15, 0.2) is 72.0 Å². The maximum atomic E-state index is 9.33. The van der Waals surface area contributed by atoms with E-state index >= 15 is 0 Å². The number of benzene rings is 2. The SMILES string of the molecule is CC/C(Cc1ccccc1)=C(/C#N)Oc1ccccc1. The molecule has 2 rings (SSSR count). The second-order valence-electron chi connectivity index (χ2n) is 4.48. The Bertz CT molecular complexity index is 609. The summed E-state index contributed by atoms with van der Waals surface area (Å²) in [6.07, 6.45) is 1.54. The fourth-order valence-electron chi connectivity index (χ4n) is 1.99. The Hall–Kier alpha value is -2.53. The highest BCUT2D eigenvalue weighted by Gasteiger charge is 2.08. The monoisotopic (exact) mass is 263 g/mol. The van der Waals surface area contributed by atoms with E-state index in [4.69, 9.17) is 4.74 Å². The number of nitrogens with zero attached hydrogens (tertiary/aromatic N) is 1. The average molecular weight is 263 g/mol. The highest BCUT2D eigenvalue weighted by atomic mass is 16.5. The number of ether oxygens (including phenoxy) is 1. The summed E-state index contributed by atoms with van der Waals surface area (Å²) in [5.74, 6) is 1.10. The molecule has 2 aromatic carbocycles. The Morgan fingerprint density at radius 2 is 1.60 bits per heavy atom. The first-order valence-electron chi connectivity index (χ1n) is 6.72. The highest BCUT2D eigenvalue weighted by molar-refractivity contribution is 5.33. The largest absolute Gasteiger partial charge is 0.446 e. The summed E-state index contributed by atoms with van der Waals surface area (Å²) in [5.41, 5.74) is 2.20. The molecule has 100 valence electrons. The zero-order chi connectivity index (χ0) is 14.2. The molecule has 0 radical (unpaired) electrons. The molecule has 0 atom stereocenters. The van der Waals surface area contributed by atoms with Gasteiger partial charge < -0.3 is 4.74 Å². The van der Waals surface area contributed by atoms with Gasteiger partial charge in [-0.3, -0.25) is 0 Å². The lowest BCUT2D eigenvalue weighted by atomic mass is 10.0. The van der Waals surface area contributed by atoms with Gasteiger partial charge in [-0.1, -0.05) is 55.5 Å². The summed E-state index contributed by atoms with van der Waals surface area (Å²) in [6.45, 7) is 2.05. The zero-order valence-corrected chi connectivity index (χ0v) is 11.5. The summed E-state index contributed by atoms with van der Waals surface area (Å²) < 4.78 is 5.71. The van der Waals surface area contributed by atoms with E-state index in [2.05, 4.69) is 18.2 Å². The molecule has 2 heteroatoms. The summed E-state index contributed by atoms with van der Waals surface area (Å²) in [4.78, 5) is 0. The molecule has 0 unspecified atom stereocenters. The van der Waals surface area contributed by atoms with E-state index in [0.29, 0.717) is 11.5 Å². The number of rotatable bonds is 5. The lowest BCUT2D eigenvalue weighted by Gasteiger charge is -2.10. The standard InChI is InChI=1S/C18H17NO/c1-2-16(13-15-9-5-3-6-10-15)18(14-19)20-17-11-7-4-8-12-17/h3-12H,2,13H2,1H3/b18-16+. The molecule has 0 saturated heterocycles. The van der Waals surface area contributed by atoms with E-state index in [1.807, 2.05) is 55.5 Å². The summed E-state index contributed by atoms with van der Waals surface area (Å²) in [6, 6.07) is 21.7. The normalized spacial score (nSPS) is 11.4. The molecular formula is C18H17NO. The van der Waals surface area contributed by atoms with Crippen LogP contribution in [0.3, 0.4) is 0 Å². The Kier molecular flexibility index (Phi) is 4.97. The van der Waals surface area contributed by atoms with Crippen LogP contribution in [0.1, 0.15) is 18.9 Å². The van der Waals surface area contributed by atoms with Crippen molar-refractivity contribution in [1.82, 2.24) is 0 Å². The van der Waals surface area contributed by atoms with Crippen LogP contribution in [0.2, 0.25) is 0 Å². The number of allylic oxidation sites excluding steroid dienone is 2. The smallest absolute Gasteiger partial charge is 0.203 e. The maximum absolute atomic E-state index is 9.33. The minimum Gasteiger partial charge on any atom is -0.446 e. The molecule has 0 aromatic heterocycles. The van der Waals surface area contributed by atoms with Gasteiger partial charge >= 0.3 is 0 Å². The van der Waals surface area contributed by atoms with E-state index in [1.54, 1.807) is 0 Å². The number of hydrogen-bond donors (Lipinski definition) is 0. The minimum atomic E-state index is 0.405. The first kappa shape index (κ1) is 13.9. The van der Waals surface area contributed by atoms with Crippen LogP contribution in [-0.2, 0) is 6.42 Å². The number of nitriles is 1. The minimum absolute atomic E-state index is 0.405. The van der Waals surface area contributed by atoms with Gasteiger partial charge in [0.05, 0.1) is 0 Å². The van der Waals surface area contributed by atoms with Crippen LogP contribution in [0.5, 0.6) is 5.75 Å². The van der Waals surface area contributed by atoms with Crippen molar-refractivity contribution in [3.63, 3.8) is 0 Å². The van der Waals surface area contributed by atoms with Crippen molar-refractivity contribution in [2.24, 2.45) is 0 Å². The molecule has 0 aliphatic rings. The second kappa shape index (κ2) is 7.16. The predicted octanol–water partition coefficient (Wildman–Crippen LogP) is 4.50. The summed E-state index contributed by atoms with van der Waals surface area (Å²) in [5, 5.41) is 9.33. The molecular weight excluding hydrogens is 246 g/mol. The van der Waals surface area contributed by atoms with Crippen molar-refractivity contribution in [3.8, 4) is 11.8 Å². The van der Waals surface area contributed by atoms with Crippen LogP contribution in [-0.4, -0.2) is 0 Å². The average Bonchev–Trinajstić information content (AvgIpc) is 2.52. The van der Waals surface area contributed by atoms with E-state index in [9.17, 15) is 5.26 Å². The van der Waals surface area contributed by atoms with E-state index < -0.39 is 0 Å². The fourth-order valence-corrected chi connectivity index (χ4v) is 1.99. The maximum Gasteiger partial charge on any atom is 0.203 e. The van der Waals surface area contributed by atoms with Gasteiger partial charge in [0.1, 0.15) is 11.8 Å². The quantitative estimate of drug-likeness (QED) is 0.588. The van der Waals surface area contributed by atoms with Gasteiger partial charge in [-0.2, -0.15) is 5.26 Å². The Balaban J connectivity index is 2.22. The fraction of sp³-hybridized carbons (Fsp3) is 0.167. The molecule has 0 bridgehead atoms. The lowest BCUT2D eigenvalue weighted by Crippen LogP contribution is -2.01. The molecule has 0 fully saturated rings. The van der Waals surface area contributed by atoms with Crippen molar-refractivity contribution in [2.75, 3.05) is 0 Å². The van der Waals surface area contributed by atoms with Crippen LogP contribution in [0, 0.1) is 11.3 Å². The van der Waals surface area contributed by atoms with Gasteiger partial charge in [0.2, 0.25) is 5.76 Å². The summed E-state index contributed by atoms with van der Waals surface area (Å²) in [7, 11) is 0. The van der Waals surface area contributed by atoms with E-state index in [-0.39, 0.29) is 0 Å². The predicted molar refractivity (Wildman–Crippen MR) is 80.1 cm³/mol. The molecule has 2 nitrogen and oxygen atoms in total. The highest BCUT2D eigenvalue weighted by Crippen LogP contribution is 2.19. The number of para-hydroxylation sites is 1. The first-order valence-corrected chi connectivity index (χ1v) is 6.72. The Labute approximate surface area is 119 Å². The van der Waals surface area contributed by atoms with E-state index in [0.717, 1.165) is 18.4 Å². The molecule has 0 heterocycles. The lowest BCUT2D eigenvalue weighted by molar-refractivity contribution is 0.438. The second-order valence-corrected chi connectivity index (χ2v) is 4.48. The van der Waals surface area contributed by atoms with Crippen LogP contribution in [0.25, 0.3) is 0 Å². The molecule has 0 saturated carbocycles. The molecule has 0 spiro atoms. The zero-order valence-electron chi connectivity index (χ0n) is 11.5. The molecule has 0 amide bonds. The molecule has 0 aliphatic heterocycles. The van der Waals surface area contributed by atoms with E-state index in [1.165, 1.54) is 5.56 Å². The van der Waals surface area contributed by atoms with Gasteiger partial charge in [-0.05, 0) is 36.1 Å². The Morgan fingerprint density at radius 1 is 1.00 bits per heavy atom. The third kappa shape index (κ3) is 3.73. The van der Waals surface area contributed by atoms with Gasteiger partial charge in [0.25, 0.3) is 0 Å². The molecule has 20 heavy (non-hydrogen) atoms. The summed E-state index contributed by atoms with van der Waals surface area (Å²) >= 11 is 0. The van der Waals surface area contributed by atoms with Crippen molar-refractivity contribution in [2.45, 2.75) is 19.8 Å². The van der Waals surface area contributed by atoms with Crippen molar-refractivity contribution in [3.05, 3.63) is 77.6 Å². The van der Waals surface area contributed by atoms with Crippen molar-refractivity contribution in [1.29, 1.82) is 5.26 Å². The van der Waals surface area contributed by atoms with Gasteiger partial charge in [-0.25, -0.2) is 0 Å². The Morgan fingerprint density at radius 3 is 2.15 bits per heavy atom. The van der Waals surface area contributed by atoms with Crippen molar-refractivity contribution < 1.29 is 4.74 Å². The topological polar surface area (TPSA) is 33.0 Å². The van der Waals surface area contributed by atoms with Crippen LogP contribution >= 0.6 is 0 Å². The molecule has 0 aliphatic carbocycles. The van der Waals surface area contributed by atoms with Crippen LogP contribution < -0.4 is 4.74 Å². The first-order chi connectivity index (χ1) is 9.83. The third-order valence-corrected chi connectivity index (χ3v) is 3.07. The molecule has 2 aromatic rings. The third-order valence-electron chi connectivity index (χ3n) is 3.07. The van der Waals surface area contributed by atoms with Gasteiger partial charge in [0.15, 0.2) is 0 Å². The van der Waals surface area contributed by atoms with Crippen molar-refractivity contribution >= 4 is 0 Å². The molecule has 0 N–H and O–H groups in total. The van der Waals surface area contributed by atoms with Crippen LogP contribution in [0.4, 0.5) is 0 Å². The van der Waals surface area contributed by atoms with Gasteiger partial charge in [0, 0.05) is 0 Å². The van der Waals surface area contributed by atoms with Gasteiger partial charge in [-0.15, -0.1) is 0 Å².